The minimum absolute atomic E-state index is 0.0254. The molecule has 0 saturated carbocycles. The number of carbonyl (C=O) groups excluding carboxylic acids is 2. The van der Waals surface area contributed by atoms with Gasteiger partial charge in [-0.25, -0.2) is 0 Å². The van der Waals surface area contributed by atoms with E-state index in [1.807, 2.05) is 77.5 Å². The van der Waals surface area contributed by atoms with Gasteiger partial charge in [0.15, 0.2) is 11.6 Å². The molecule has 29 heavy (non-hydrogen) atoms. The third-order valence-corrected chi connectivity index (χ3v) is 5.52. The molecule has 0 N–H and O–H groups in total. The summed E-state index contributed by atoms with van der Waals surface area (Å²) < 4.78 is 1.90. The average Bonchev–Trinajstić information content (AvgIpc) is 3.10. The number of hydrogen-bond acceptors (Lipinski definition) is 2. The van der Waals surface area contributed by atoms with Crippen molar-refractivity contribution in [3.05, 3.63) is 107 Å². The van der Waals surface area contributed by atoms with Gasteiger partial charge in [0, 0.05) is 34.6 Å². The molecule has 3 aromatic carbocycles. The number of Topliss-reactive ketones (excluding diaryl/α,β-unsaturated/α-hetero) is 1. The van der Waals surface area contributed by atoms with Gasteiger partial charge in [0.1, 0.15) is 0 Å². The molecule has 1 heterocycles. The van der Waals surface area contributed by atoms with Gasteiger partial charge in [-0.3, -0.25) is 9.59 Å². The van der Waals surface area contributed by atoms with Gasteiger partial charge in [-0.15, -0.1) is 0 Å². The zero-order chi connectivity index (χ0) is 20.4. The third kappa shape index (κ3) is 3.77. The van der Waals surface area contributed by atoms with Gasteiger partial charge in [0.2, 0.25) is 0 Å². The van der Waals surface area contributed by atoms with Gasteiger partial charge in [-0.05, 0) is 36.6 Å². The Kier molecular flexibility index (Phi) is 5.13. The highest BCUT2D eigenvalue weighted by atomic mass is 16.1. The van der Waals surface area contributed by atoms with E-state index in [9.17, 15) is 9.59 Å². The van der Waals surface area contributed by atoms with Crippen LogP contribution in [0.15, 0.2) is 79.0 Å². The van der Waals surface area contributed by atoms with Crippen molar-refractivity contribution < 1.29 is 9.59 Å². The molecule has 0 unspecified atom stereocenters. The van der Waals surface area contributed by atoms with Crippen molar-refractivity contribution in [3.63, 3.8) is 0 Å². The van der Waals surface area contributed by atoms with Crippen molar-refractivity contribution in [2.75, 3.05) is 0 Å². The topological polar surface area (TPSA) is 39.1 Å². The summed E-state index contributed by atoms with van der Waals surface area (Å²) in [7, 11) is 0. The molecule has 0 saturated heterocycles. The number of aryl methyl sites for hydroxylation is 1. The van der Waals surface area contributed by atoms with Crippen LogP contribution in [0.1, 0.15) is 32.6 Å². The first kappa shape index (κ1) is 18.9. The van der Waals surface area contributed by atoms with E-state index < -0.39 is 0 Å². The molecule has 1 aromatic heterocycles. The predicted molar refractivity (Wildman–Crippen MR) is 116 cm³/mol. The molecule has 0 atom stereocenters. The summed E-state index contributed by atoms with van der Waals surface area (Å²) in [6.45, 7) is 4.36. The highest BCUT2D eigenvalue weighted by molar-refractivity contribution is 6.16. The molecule has 0 bridgehead atoms. The van der Waals surface area contributed by atoms with Crippen molar-refractivity contribution in [2.45, 2.75) is 26.8 Å². The minimum Gasteiger partial charge on any atom is -0.339 e. The van der Waals surface area contributed by atoms with Crippen LogP contribution in [-0.2, 0) is 17.8 Å². The Balaban J connectivity index is 1.65. The second-order valence-corrected chi connectivity index (χ2v) is 7.46. The molecule has 3 nitrogen and oxygen atoms in total. The Morgan fingerprint density at radius 1 is 0.828 bits per heavy atom. The Bertz CT molecular complexity index is 1200. The number of aromatic nitrogens is 1. The molecular formula is C26H23NO2. The van der Waals surface area contributed by atoms with Crippen LogP contribution < -0.4 is 0 Å². The van der Waals surface area contributed by atoms with E-state index in [0.717, 1.165) is 22.0 Å². The van der Waals surface area contributed by atoms with Crippen molar-refractivity contribution in [3.8, 4) is 0 Å². The summed E-state index contributed by atoms with van der Waals surface area (Å²) in [6.07, 6.45) is 2.21. The number of ketones is 2. The van der Waals surface area contributed by atoms with E-state index in [2.05, 4.69) is 19.9 Å². The SMILES string of the molecule is Cc1cccc(CC(=O)Cn2cc(C(=O)c3ccccc3)c3ccccc32)c1C. The van der Waals surface area contributed by atoms with Gasteiger partial charge in [0.05, 0.1) is 6.54 Å². The lowest BCUT2D eigenvalue weighted by molar-refractivity contribution is -0.118. The van der Waals surface area contributed by atoms with Gasteiger partial charge in [-0.2, -0.15) is 0 Å². The highest BCUT2D eigenvalue weighted by Gasteiger charge is 2.18. The molecule has 0 fully saturated rings. The molecule has 0 radical (unpaired) electrons. The van der Waals surface area contributed by atoms with Crippen LogP contribution in [0.4, 0.5) is 0 Å². The van der Waals surface area contributed by atoms with E-state index in [1.54, 1.807) is 0 Å². The first-order valence-corrected chi connectivity index (χ1v) is 9.79. The fraction of sp³-hybridized carbons (Fsp3) is 0.154. The maximum absolute atomic E-state index is 13.0. The summed E-state index contributed by atoms with van der Waals surface area (Å²) in [4.78, 5) is 25.9. The van der Waals surface area contributed by atoms with E-state index in [-0.39, 0.29) is 18.1 Å². The molecule has 0 aliphatic heterocycles. The smallest absolute Gasteiger partial charge is 0.195 e. The Labute approximate surface area is 170 Å². The number of para-hydroxylation sites is 1. The zero-order valence-corrected chi connectivity index (χ0v) is 16.7. The van der Waals surface area contributed by atoms with Crippen molar-refractivity contribution in [2.24, 2.45) is 0 Å². The monoisotopic (exact) mass is 381 g/mol. The lowest BCUT2D eigenvalue weighted by Crippen LogP contribution is -2.13. The quantitative estimate of drug-likeness (QED) is 0.425. The van der Waals surface area contributed by atoms with Crippen LogP contribution in [0.2, 0.25) is 0 Å². The third-order valence-electron chi connectivity index (χ3n) is 5.52. The van der Waals surface area contributed by atoms with E-state index in [4.69, 9.17) is 0 Å². The first-order chi connectivity index (χ1) is 14.0. The summed E-state index contributed by atoms with van der Waals surface area (Å²) in [5, 5.41) is 0.876. The molecule has 4 rings (SSSR count). The fourth-order valence-corrected chi connectivity index (χ4v) is 3.77. The normalized spacial score (nSPS) is 11.0. The van der Waals surface area contributed by atoms with Crippen LogP contribution in [0.3, 0.4) is 0 Å². The predicted octanol–water partition coefficient (Wildman–Crippen LogP) is 5.30. The second kappa shape index (κ2) is 7.88. The van der Waals surface area contributed by atoms with Crippen molar-refractivity contribution in [1.82, 2.24) is 4.57 Å². The molecule has 144 valence electrons. The molecule has 0 spiro atoms. The van der Waals surface area contributed by atoms with Crippen molar-refractivity contribution >= 4 is 22.5 Å². The molecule has 0 amide bonds. The first-order valence-electron chi connectivity index (χ1n) is 9.79. The molecule has 0 aliphatic rings. The van der Waals surface area contributed by atoms with Gasteiger partial charge < -0.3 is 4.57 Å². The standard InChI is InChI=1S/C26H23NO2/c1-18-9-8-12-21(19(18)2)15-22(28)16-27-17-24(23-13-6-7-14-25(23)27)26(29)20-10-4-3-5-11-20/h3-14,17H,15-16H2,1-2H3. The summed E-state index contributed by atoms with van der Waals surface area (Å²) in [6, 6.07) is 23.1. The largest absolute Gasteiger partial charge is 0.339 e. The number of nitrogens with zero attached hydrogens (tertiary/aromatic N) is 1. The zero-order valence-electron chi connectivity index (χ0n) is 16.7. The minimum atomic E-state index is -0.0254. The number of carbonyl (C=O) groups is 2. The Hall–Kier alpha value is -3.46. The van der Waals surface area contributed by atoms with Crippen LogP contribution in [-0.4, -0.2) is 16.1 Å². The highest BCUT2D eigenvalue weighted by Crippen LogP contribution is 2.24. The number of hydrogen-bond donors (Lipinski definition) is 0. The Morgan fingerprint density at radius 2 is 1.55 bits per heavy atom. The van der Waals surface area contributed by atoms with Gasteiger partial charge in [0.25, 0.3) is 0 Å². The van der Waals surface area contributed by atoms with Crippen LogP contribution in [0, 0.1) is 13.8 Å². The molecular weight excluding hydrogens is 358 g/mol. The van der Waals surface area contributed by atoms with Gasteiger partial charge >= 0.3 is 0 Å². The van der Waals surface area contributed by atoms with Crippen LogP contribution in [0.25, 0.3) is 10.9 Å². The number of fused-ring (bicyclic) bond motifs is 1. The maximum Gasteiger partial charge on any atom is 0.195 e. The summed E-state index contributed by atoms with van der Waals surface area (Å²) in [5.74, 6) is 0.0979. The van der Waals surface area contributed by atoms with Crippen LogP contribution >= 0.6 is 0 Å². The molecule has 3 heteroatoms. The molecule has 0 aliphatic carbocycles. The van der Waals surface area contributed by atoms with E-state index in [1.165, 1.54) is 5.56 Å². The number of benzene rings is 3. The fourth-order valence-electron chi connectivity index (χ4n) is 3.77. The lowest BCUT2D eigenvalue weighted by atomic mass is 9.99. The van der Waals surface area contributed by atoms with Crippen LogP contribution in [0.5, 0.6) is 0 Å². The maximum atomic E-state index is 13.0. The Morgan fingerprint density at radius 3 is 2.34 bits per heavy atom. The van der Waals surface area contributed by atoms with Crippen molar-refractivity contribution in [1.29, 1.82) is 0 Å². The summed E-state index contributed by atoms with van der Waals surface area (Å²) >= 11 is 0. The van der Waals surface area contributed by atoms with E-state index in [0.29, 0.717) is 17.5 Å². The number of rotatable bonds is 6. The van der Waals surface area contributed by atoms with Gasteiger partial charge in [-0.1, -0.05) is 66.7 Å². The molecule has 4 aromatic rings. The second-order valence-electron chi connectivity index (χ2n) is 7.46. The summed E-state index contributed by atoms with van der Waals surface area (Å²) in [5.41, 5.74) is 5.60. The lowest BCUT2D eigenvalue weighted by Gasteiger charge is -2.09. The van der Waals surface area contributed by atoms with E-state index >= 15 is 0 Å². The average molecular weight is 381 g/mol.